The maximum Gasteiger partial charge on any atom is 0.310 e. The van der Waals surface area contributed by atoms with Gasteiger partial charge in [-0.3, -0.25) is 9.59 Å². The molecule has 2 unspecified atom stereocenters. The smallest absolute Gasteiger partial charge is 0.310 e. The van der Waals surface area contributed by atoms with E-state index in [4.69, 9.17) is 0 Å². The monoisotopic (exact) mass is 483 g/mol. The largest absolute Gasteiger partial charge is 0.481 e. The van der Waals surface area contributed by atoms with Crippen molar-refractivity contribution in [1.82, 2.24) is 9.88 Å². The van der Waals surface area contributed by atoms with E-state index in [1.54, 1.807) is 48.6 Å². The molecule has 8 nitrogen and oxygen atoms in total. The van der Waals surface area contributed by atoms with E-state index in [0.717, 1.165) is 6.26 Å². The van der Waals surface area contributed by atoms with Gasteiger partial charge in [-0.15, -0.1) is 0 Å². The normalized spacial score (nSPS) is 21.2. The zero-order valence-corrected chi connectivity index (χ0v) is 19.3. The summed E-state index contributed by atoms with van der Waals surface area (Å²) in [5, 5.41) is 13.2. The molecule has 0 bridgehead atoms. The number of halogens is 1. The molecule has 2 N–H and O–H groups in total. The number of hydrogen-bond donors (Lipinski definition) is 2. The maximum absolute atomic E-state index is 13.6. The van der Waals surface area contributed by atoms with Crippen LogP contribution in [0.3, 0.4) is 0 Å². The number of aromatic nitrogens is 1. The number of carbonyl (C=O) groups is 1. The number of hydrogen-bond acceptors (Lipinski definition) is 6. The Morgan fingerprint density at radius 1 is 1.24 bits per heavy atom. The minimum absolute atomic E-state index is 0.0660. The van der Waals surface area contributed by atoms with Crippen LogP contribution >= 0.6 is 0 Å². The van der Waals surface area contributed by atoms with E-state index in [2.05, 4.69) is 5.32 Å². The Labute approximate surface area is 195 Å². The molecular formula is C24H22FN3O5S. The van der Waals surface area contributed by atoms with Crippen molar-refractivity contribution < 1.29 is 22.7 Å². The third kappa shape index (κ3) is 3.54. The Balaban J connectivity index is 1.82. The summed E-state index contributed by atoms with van der Waals surface area (Å²) in [6, 6.07) is 6.76. The number of fused-ring (bicyclic) bond motifs is 2. The fourth-order valence-corrected chi connectivity index (χ4v) is 5.73. The fourth-order valence-electron chi connectivity index (χ4n) is 4.93. The number of nitrogens with one attached hydrogen (secondary N) is 1. The zero-order valence-electron chi connectivity index (χ0n) is 18.4. The zero-order chi connectivity index (χ0) is 24.4. The molecule has 3 aliphatic rings. The number of carboxylic acid groups (broad SMARTS) is 1. The summed E-state index contributed by atoms with van der Waals surface area (Å²) in [5.74, 6) is -2.58. The number of aryl methyl sites for hydroxylation is 1. The quantitative estimate of drug-likeness (QED) is 0.682. The van der Waals surface area contributed by atoms with Gasteiger partial charge in [0, 0.05) is 43.5 Å². The van der Waals surface area contributed by atoms with E-state index in [-0.39, 0.29) is 17.9 Å². The van der Waals surface area contributed by atoms with Crippen LogP contribution in [-0.2, 0) is 21.7 Å². The van der Waals surface area contributed by atoms with Crippen molar-refractivity contribution in [3.05, 3.63) is 87.2 Å². The molecule has 2 atom stereocenters. The lowest BCUT2D eigenvalue weighted by atomic mass is 9.84. The van der Waals surface area contributed by atoms with Crippen molar-refractivity contribution in [2.45, 2.75) is 6.04 Å². The lowest BCUT2D eigenvalue weighted by molar-refractivity contribution is -0.141. The van der Waals surface area contributed by atoms with E-state index in [0.29, 0.717) is 39.2 Å². The number of nitrogens with zero attached hydrogens (tertiary/aromatic N) is 2. The van der Waals surface area contributed by atoms with Crippen LogP contribution in [0.5, 0.6) is 0 Å². The van der Waals surface area contributed by atoms with Gasteiger partial charge >= 0.3 is 5.97 Å². The van der Waals surface area contributed by atoms with Crippen molar-refractivity contribution in [3.63, 3.8) is 0 Å². The molecule has 0 saturated heterocycles. The summed E-state index contributed by atoms with van der Waals surface area (Å²) in [7, 11) is -1.84. The summed E-state index contributed by atoms with van der Waals surface area (Å²) >= 11 is 0. The molecule has 176 valence electrons. The molecule has 0 fully saturated rings. The van der Waals surface area contributed by atoms with Crippen molar-refractivity contribution in [2.75, 3.05) is 23.5 Å². The van der Waals surface area contributed by atoms with Crippen molar-refractivity contribution in [2.24, 2.45) is 13.0 Å². The number of rotatable bonds is 4. The van der Waals surface area contributed by atoms with E-state index in [1.807, 2.05) is 0 Å². The number of anilines is 1. The van der Waals surface area contributed by atoms with Crippen LogP contribution in [0.2, 0.25) is 0 Å². The van der Waals surface area contributed by atoms with Gasteiger partial charge in [0.05, 0.1) is 29.0 Å². The Kier molecular flexibility index (Phi) is 5.01. The van der Waals surface area contributed by atoms with Crippen LogP contribution < -0.4 is 15.8 Å². The number of carboxylic acids is 1. The Bertz CT molecular complexity index is 1490. The second kappa shape index (κ2) is 7.69. The predicted molar refractivity (Wildman–Crippen MR) is 126 cm³/mol. The first-order valence-electron chi connectivity index (χ1n) is 10.6. The van der Waals surface area contributed by atoms with Gasteiger partial charge < -0.3 is 19.9 Å². The maximum atomic E-state index is 13.6. The average molecular weight is 484 g/mol. The fraction of sp³-hybridized carbons (Fsp3) is 0.250. The second-order valence-corrected chi connectivity index (χ2v) is 10.9. The molecular weight excluding hydrogens is 461 g/mol. The number of sulfone groups is 1. The van der Waals surface area contributed by atoms with Gasteiger partial charge in [0.2, 0.25) is 0 Å². The SMILES string of the molecule is Cn1ccc2c(c1=O)C1=C3C(=CN(c4ccc(F)cc4)C3C(C(=O)O)CN1)C=C2CS(C)(=O)=O. The number of pyridine rings is 1. The summed E-state index contributed by atoms with van der Waals surface area (Å²) in [5.41, 5.74) is 3.24. The van der Waals surface area contributed by atoms with Gasteiger partial charge in [0.1, 0.15) is 5.82 Å². The third-order valence-corrected chi connectivity index (χ3v) is 7.22. The summed E-state index contributed by atoms with van der Waals surface area (Å²) in [6.07, 6.45) is 6.17. The molecule has 1 aromatic carbocycles. The molecule has 1 aromatic heterocycles. The highest BCUT2D eigenvalue weighted by atomic mass is 32.2. The molecule has 0 radical (unpaired) electrons. The van der Waals surface area contributed by atoms with Crippen LogP contribution in [-0.4, -0.2) is 48.7 Å². The highest BCUT2D eigenvalue weighted by molar-refractivity contribution is 7.91. The first-order chi connectivity index (χ1) is 16.0. The average Bonchev–Trinajstić information content (AvgIpc) is 3.07. The van der Waals surface area contributed by atoms with Crippen molar-refractivity contribution in [1.29, 1.82) is 0 Å². The summed E-state index contributed by atoms with van der Waals surface area (Å²) < 4.78 is 39.5. The van der Waals surface area contributed by atoms with E-state index < -0.39 is 33.6 Å². The van der Waals surface area contributed by atoms with Crippen LogP contribution in [0, 0.1) is 11.7 Å². The Morgan fingerprint density at radius 3 is 2.59 bits per heavy atom. The topological polar surface area (TPSA) is 109 Å². The van der Waals surface area contributed by atoms with Gasteiger partial charge in [0.25, 0.3) is 5.56 Å². The molecule has 2 aromatic rings. The molecule has 10 heteroatoms. The van der Waals surface area contributed by atoms with Gasteiger partial charge in [-0.1, -0.05) is 0 Å². The van der Waals surface area contributed by atoms with Gasteiger partial charge in [-0.25, -0.2) is 12.8 Å². The molecule has 5 rings (SSSR count). The van der Waals surface area contributed by atoms with Crippen LogP contribution in [0.25, 0.3) is 11.3 Å². The Morgan fingerprint density at radius 2 is 1.94 bits per heavy atom. The lowest BCUT2D eigenvalue weighted by Crippen LogP contribution is -2.49. The van der Waals surface area contributed by atoms with E-state index >= 15 is 0 Å². The van der Waals surface area contributed by atoms with Crippen LogP contribution in [0.15, 0.2) is 64.7 Å². The Hall–Kier alpha value is -3.66. The number of aliphatic carboxylic acids is 1. The minimum Gasteiger partial charge on any atom is -0.481 e. The van der Waals surface area contributed by atoms with E-state index in [1.165, 1.54) is 16.7 Å². The summed E-state index contributed by atoms with van der Waals surface area (Å²) in [4.78, 5) is 27.3. The van der Waals surface area contributed by atoms with Crippen molar-refractivity contribution >= 4 is 32.8 Å². The number of benzene rings is 1. The van der Waals surface area contributed by atoms with Crippen LogP contribution in [0.4, 0.5) is 10.1 Å². The lowest BCUT2D eigenvalue weighted by Gasteiger charge is -2.36. The predicted octanol–water partition coefficient (Wildman–Crippen LogP) is 1.75. The third-order valence-electron chi connectivity index (χ3n) is 6.39. The second-order valence-electron chi connectivity index (χ2n) is 8.79. The van der Waals surface area contributed by atoms with Gasteiger partial charge in [-0.05, 0) is 53.1 Å². The molecule has 3 heterocycles. The molecule has 34 heavy (non-hydrogen) atoms. The minimum atomic E-state index is -3.44. The van der Waals surface area contributed by atoms with Gasteiger partial charge in [0.15, 0.2) is 9.84 Å². The van der Waals surface area contributed by atoms with Crippen LogP contribution in [0.1, 0.15) is 11.1 Å². The first-order valence-corrected chi connectivity index (χ1v) is 12.7. The first kappa shape index (κ1) is 22.1. The highest BCUT2D eigenvalue weighted by Gasteiger charge is 2.46. The number of allylic oxidation sites excluding steroid dienone is 1. The molecule has 2 aliphatic heterocycles. The molecule has 0 amide bonds. The van der Waals surface area contributed by atoms with Gasteiger partial charge in [-0.2, -0.15) is 0 Å². The van der Waals surface area contributed by atoms with Crippen molar-refractivity contribution in [3.8, 4) is 0 Å². The highest BCUT2D eigenvalue weighted by Crippen LogP contribution is 2.45. The summed E-state index contributed by atoms with van der Waals surface area (Å²) in [6.45, 7) is 0.0660. The molecule has 0 spiro atoms. The van der Waals surface area contributed by atoms with E-state index in [9.17, 15) is 27.5 Å². The molecule has 0 saturated carbocycles. The standard InChI is InChI=1S/C24H22FN3O5S/c1-27-8-7-17-14(12-34(2,32)33)9-13-11-28(16-5-3-15(25)4-6-16)22-18(24(30)31)10-26-21(19(13)22)20(17)23(27)29/h3-9,11,18,22,26H,10,12H2,1-2H3,(H,30,31). The molecule has 1 aliphatic carbocycles.